The van der Waals surface area contributed by atoms with Gasteiger partial charge in [-0.1, -0.05) is 54.1 Å². The lowest BCUT2D eigenvalue weighted by atomic mass is 9.87. The first-order chi connectivity index (χ1) is 15.6. The summed E-state index contributed by atoms with van der Waals surface area (Å²) in [6, 6.07) is 21.1. The van der Waals surface area contributed by atoms with E-state index in [1.165, 1.54) is 0 Å². The SMILES string of the molecule is COc1cc2c(cc1OC)[C@@H](c1cccc(Cl)c1)N(C(=O)COCc1ccccc1)CC2. The summed E-state index contributed by atoms with van der Waals surface area (Å²) in [6.45, 7) is 0.978. The smallest absolute Gasteiger partial charge is 0.249 e. The van der Waals surface area contributed by atoms with Crippen molar-refractivity contribution in [2.75, 3.05) is 27.4 Å². The molecule has 0 aliphatic carbocycles. The molecule has 1 atom stereocenters. The normalized spacial score (nSPS) is 15.2. The quantitative estimate of drug-likeness (QED) is 0.504. The van der Waals surface area contributed by atoms with Crippen molar-refractivity contribution in [3.05, 3.63) is 94.0 Å². The Morgan fingerprint density at radius 3 is 2.47 bits per heavy atom. The molecular weight excluding hydrogens is 426 g/mol. The maximum absolute atomic E-state index is 13.3. The van der Waals surface area contributed by atoms with Crippen molar-refractivity contribution in [2.24, 2.45) is 0 Å². The zero-order valence-corrected chi connectivity index (χ0v) is 19.0. The molecule has 166 valence electrons. The zero-order valence-electron chi connectivity index (χ0n) is 18.2. The molecule has 3 aromatic rings. The number of nitrogens with zero attached hydrogens (tertiary/aromatic N) is 1. The van der Waals surface area contributed by atoms with Crippen molar-refractivity contribution >= 4 is 17.5 Å². The van der Waals surface area contributed by atoms with E-state index < -0.39 is 0 Å². The van der Waals surface area contributed by atoms with Crippen LogP contribution in [-0.4, -0.2) is 38.2 Å². The molecule has 0 fully saturated rings. The summed E-state index contributed by atoms with van der Waals surface area (Å²) in [5.41, 5.74) is 4.11. The van der Waals surface area contributed by atoms with Crippen molar-refractivity contribution in [2.45, 2.75) is 19.1 Å². The van der Waals surface area contributed by atoms with Gasteiger partial charge < -0.3 is 19.1 Å². The maximum atomic E-state index is 13.3. The van der Waals surface area contributed by atoms with Crippen LogP contribution >= 0.6 is 11.6 Å². The van der Waals surface area contributed by atoms with Crippen molar-refractivity contribution in [1.82, 2.24) is 4.90 Å². The van der Waals surface area contributed by atoms with Gasteiger partial charge in [0.2, 0.25) is 5.91 Å². The van der Waals surface area contributed by atoms with Gasteiger partial charge in [-0.2, -0.15) is 0 Å². The molecule has 0 saturated carbocycles. The lowest BCUT2D eigenvalue weighted by Crippen LogP contribution is -2.42. The first-order valence-electron chi connectivity index (χ1n) is 10.5. The fraction of sp³-hybridized carbons (Fsp3) is 0.269. The zero-order chi connectivity index (χ0) is 22.5. The standard InChI is InChI=1S/C26H26ClNO4/c1-30-23-14-19-11-12-28(25(29)17-32-16-18-7-4-3-5-8-18)26(22(19)15-24(23)31-2)20-9-6-10-21(27)13-20/h3-10,13-15,26H,11-12,16-17H2,1-2H3/t26-/m1/s1. The number of methoxy groups -OCH3 is 2. The number of carbonyl (C=O) groups excluding carboxylic acids is 1. The van der Waals surface area contributed by atoms with Gasteiger partial charge in [-0.3, -0.25) is 4.79 Å². The van der Waals surface area contributed by atoms with Crippen LogP contribution in [0.15, 0.2) is 66.7 Å². The fourth-order valence-corrected chi connectivity index (χ4v) is 4.36. The molecule has 0 bridgehead atoms. The molecular formula is C26H26ClNO4. The summed E-state index contributed by atoms with van der Waals surface area (Å²) in [7, 11) is 3.24. The van der Waals surface area contributed by atoms with Crippen LogP contribution in [0, 0.1) is 0 Å². The van der Waals surface area contributed by atoms with E-state index in [9.17, 15) is 4.79 Å². The van der Waals surface area contributed by atoms with E-state index in [1.54, 1.807) is 14.2 Å². The highest BCUT2D eigenvalue weighted by atomic mass is 35.5. The Bertz CT molecular complexity index is 1090. The minimum atomic E-state index is -0.287. The summed E-state index contributed by atoms with van der Waals surface area (Å²) >= 11 is 6.30. The van der Waals surface area contributed by atoms with Gasteiger partial charge in [0.1, 0.15) is 6.61 Å². The van der Waals surface area contributed by atoms with Gasteiger partial charge in [0, 0.05) is 11.6 Å². The van der Waals surface area contributed by atoms with Gasteiger partial charge in [-0.15, -0.1) is 0 Å². The maximum Gasteiger partial charge on any atom is 0.249 e. The van der Waals surface area contributed by atoms with E-state index in [4.69, 9.17) is 25.8 Å². The average molecular weight is 452 g/mol. The molecule has 0 saturated heterocycles. The van der Waals surface area contributed by atoms with E-state index in [1.807, 2.05) is 71.6 Å². The molecule has 0 aromatic heterocycles. The molecule has 5 nitrogen and oxygen atoms in total. The van der Waals surface area contributed by atoms with Gasteiger partial charge in [0.25, 0.3) is 0 Å². The summed E-state index contributed by atoms with van der Waals surface area (Å²) in [4.78, 5) is 15.1. The molecule has 0 unspecified atom stereocenters. The monoisotopic (exact) mass is 451 g/mol. The van der Waals surface area contributed by atoms with E-state index in [-0.39, 0.29) is 18.6 Å². The van der Waals surface area contributed by atoms with E-state index in [2.05, 4.69) is 0 Å². The number of rotatable bonds is 7. The van der Waals surface area contributed by atoms with Gasteiger partial charge in [0.15, 0.2) is 11.5 Å². The molecule has 0 N–H and O–H groups in total. The number of benzene rings is 3. The second-order valence-electron chi connectivity index (χ2n) is 7.68. The minimum absolute atomic E-state index is 0.00851. The Balaban J connectivity index is 1.63. The first kappa shape index (κ1) is 22.2. The second-order valence-corrected chi connectivity index (χ2v) is 8.12. The predicted octanol–water partition coefficient (Wildman–Crippen LogP) is 5.05. The molecule has 6 heteroatoms. The second kappa shape index (κ2) is 10.1. The summed E-state index contributed by atoms with van der Waals surface area (Å²) in [5.74, 6) is 1.25. The number of hydrogen-bond acceptors (Lipinski definition) is 4. The van der Waals surface area contributed by atoms with Crippen LogP contribution in [0.25, 0.3) is 0 Å². The Labute approximate surface area is 193 Å². The highest BCUT2D eigenvalue weighted by Gasteiger charge is 2.33. The van der Waals surface area contributed by atoms with Crippen LogP contribution in [0.4, 0.5) is 0 Å². The molecule has 3 aromatic carbocycles. The third-order valence-corrected chi connectivity index (χ3v) is 5.93. The average Bonchev–Trinajstić information content (AvgIpc) is 2.82. The third kappa shape index (κ3) is 4.74. The molecule has 1 heterocycles. The number of hydrogen-bond donors (Lipinski definition) is 0. The van der Waals surface area contributed by atoms with Crippen molar-refractivity contribution in [1.29, 1.82) is 0 Å². The molecule has 1 amide bonds. The number of ether oxygens (including phenoxy) is 3. The van der Waals surface area contributed by atoms with Gasteiger partial charge >= 0.3 is 0 Å². The van der Waals surface area contributed by atoms with Crippen molar-refractivity contribution in [3.8, 4) is 11.5 Å². The molecule has 0 radical (unpaired) electrons. The van der Waals surface area contributed by atoms with Crippen molar-refractivity contribution < 1.29 is 19.0 Å². The molecule has 4 rings (SSSR count). The molecule has 1 aliphatic heterocycles. The topological polar surface area (TPSA) is 48.0 Å². The van der Waals surface area contributed by atoms with E-state index >= 15 is 0 Å². The van der Waals surface area contributed by atoms with Crippen LogP contribution in [0.2, 0.25) is 5.02 Å². The van der Waals surface area contributed by atoms with Crippen LogP contribution in [-0.2, 0) is 22.6 Å². The number of fused-ring (bicyclic) bond motifs is 1. The Morgan fingerprint density at radius 1 is 1.00 bits per heavy atom. The highest BCUT2D eigenvalue weighted by Crippen LogP contribution is 2.41. The summed E-state index contributed by atoms with van der Waals surface area (Å²) in [5, 5.41) is 0.628. The lowest BCUT2D eigenvalue weighted by Gasteiger charge is -2.38. The highest BCUT2D eigenvalue weighted by molar-refractivity contribution is 6.30. The van der Waals surface area contributed by atoms with Gasteiger partial charge in [0.05, 0.1) is 26.9 Å². The third-order valence-electron chi connectivity index (χ3n) is 5.70. The first-order valence-corrected chi connectivity index (χ1v) is 10.9. The van der Waals surface area contributed by atoms with E-state index in [0.717, 1.165) is 28.7 Å². The van der Waals surface area contributed by atoms with Crippen LogP contribution in [0.3, 0.4) is 0 Å². The predicted molar refractivity (Wildman–Crippen MR) is 124 cm³/mol. The fourth-order valence-electron chi connectivity index (χ4n) is 4.16. The van der Waals surface area contributed by atoms with Crippen LogP contribution < -0.4 is 9.47 Å². The Hall–Kier alpha value is -3.02. The Morgan fingerprint density at radius 2 is 1.75 bits per heavy atom. The van der Waals surface area contributed by atoms with Crippen LogP contribution in [0.1, 0.15) is 28.3 Å². The van der Waals surface area contributed by atoms with Crippen LogP contribution in [0.5, 0.6) is 11.5 Å². The summed E-state index contributed by atoms with van der Waals surface area (Å²) < 4.78 is 16.8. The Kier molecular flexibility index (Phi) is 6.98. The molecule has 0 spiro atoms. The molecule has 1 aliphatic rings. The lowest BCUT2D eigenvalue weighted by molar-refractivity contribution is -0.138. The summed E-state index contributed by atoms with van der Waals surface area (Å²) in [6.07, 6.45) is 0.719. The number of carbonyl (C=O) groups is 1. The van der Waals surface area contributed by atoms with E-state index in [0.29, 0.717) is 29.7 Å². The minimum Gasteiger partial charge on any atom is -0.493 e. The van der Waals surface area contributed by atoms with Gasteiger partial charge in [-0.05, 0) is 52.9 Å². The number of halogens is 1. The van der Waals surface area contributed by atoms with Gasteiger partial charge in [-0.25, -0.2) is 0 Å². The number of amides is 1. The molecule has 32 heavy (non-hydrogen) atoms. The van der Waals surface area contributed by atoms with Crippen molar-refractivity contribution in [3.63, 3.8) is 0 Å². The largest absolute Gasteiger partial charge is 0.493 e.